The van der Waals surface area contributed by atoms with Gasteiger partial charge in [0.1, 0.15) is 11.6 Å². The van der Waals surface area contributed by atoms with E-state index >= 15 is 0 Å². The van der Waals surface area contributed by atoms with Crippen LogP contribution in [0.4, 0.5) is 0 Å². The first-order valence-electron chi connectivity index (χ1n) is 10.1. The number of likely N-dealkylation sites (tertiary alicyclic amines) is 2. The maximum absolute atomic E-state index is 11.8. The highest BCUT2D eigenvalue weighted by atomic mass is 16.1. The van der Waals surface area contributed by atoms with Crippen LogP contribution >= 0.6 is 0 Å². The van der Waals surface area contributed by atoms with Gasteiger partial charge in [0, 0.05) is 12.8 Å². The first kappa shape index (κ1) is 19.6. The molecular formula is C20H36N2O2. The van der Waals surface area contributed by atoms with Crippen LogP contribution in [0, 0.1) is 11.8 Å². The van der Waals surface area contributed by atoms with Crippen molar-refractivity contribution in [1.29, 1.82) is 0 Å². The fraction of sp³-hybridized carbons (Fsp3) is 0.900. The molecule has 0 aromatic carbocycles. The largest absolute Gasteiger partial charge is 0.298 e. The molecule has 2 rings (SSSR count). The summed E-state index contributed by atoms with van der Waals surface area (Å²) in [6, 6.07) is 0. The second kappa shape index (κ2) is 10.3. The van der Waals surface area contributed by atoms with Gasteiger partial charge in [0.05, 0.1) is 13.1 Å². The maximum atomic E-state index is 11.8. The van der Waals surface area contributed by atoms with Gasteiger partial charge in [-0.2, -0.15) is 0 Å². The Bertz CT molecular complexity index is 394. The zero-order valence-electron chi connectivity index (χ0n) is 15.8. The molecular weight excluding hydrogens is 300 g/mol. The number of carbonyl (C=O) groups excluding carboxylic acids is 2. The van der Waals surface area contributed by atoms with E-state index in [1.165, 1.54) is 32.1 Å². The van der Waals surface area contributed by atoms with Crippen molar-refractivity contribution in [3.8, 4) is 0 Å². The molecule has 0 aromatic rings. The molecule has 0 atom stereocenters. The molecule has 2 heterocycles. The standard InChI is InChI=1S/C20H36N2O2/c1-3-5-20(24)16-22-12-8-18(9-13-22)14-17-6-10-21(11-7-17)15-19(23)4-2/h17-18H,3-16H2,1-2H3. The third-order valence-electron chi connectivity index (χ3n) is 5.80. The Morgan fingerprint density at radius 1 is 0.792 bits per heavy atom. The zero-order valence-corrected chi connectivity index (χ0v) is 15.8. The minimum atomic E-state index is 0.374. The van der Waals surface area contributed by atoms with E-state index in [-0.39, 0.29) is 0 Å². The Morgan fingerprint density at radius 3 is 1.67 bits per heavy atom. The lowest BCUT2D eigenvalue weighted by molar-refractivity contribution is -0.121. The van der Waals surface area contributed by atoms with E-state index in [4.69, 9.17) is 0 Å². The molecule has 4 nitrogen and oxygen atoms in total. The molecule has 0 spiro atoms. The maximum Gasteiger partial charge on any atom is 0.146 e. The smallest absolute Gasteiger partial charge is 0.146 e. The number of Topliss-reactive ketones (excluding diaryl/α,β-unsaturated/α-hetero) is 2. The molecule has 24 heavy (non-hydrogen) atoms. The fourth-order valence-electron chi connectivity index (χ4n) is 4.20. The van der Waals surface area contributed by atoms with Gasteiger partial charge in [-0.1, -0.05) is 13.8 Å². The second-order valence-electron chi connectivity index (χ2n) is 7.86. The van der Waals surface area contributed by atoms with Crippen molar-refractivity contribution in [3.63, 3.8) is 0 Å². The molecule has 4 heteroatoms. The summed E-state index contributed by atoms with van der Waals surface area (Å²) in [5.74, 6) is 2.47. The van der Waals surface area contributed by atoms with Gasteiger partial charge < -0.3 is 0 Å². The fourth-order valence-corrected chi connectivity index (χ4v) is 4.20. The molecule has 0 saturated carbocycles. The van der Waals surface area contributed by atoms with E-state index in [2.05, 4.69) is 16.7 Å². The van der Waals surface area contributed by atoms with Crippen LogP contribution in [0.2, 0.25) is 0 Å². The third kappa shape index (κ3) is 6.64. The van der Waals surface area contributed by atoms with Gasteiger partial charge >= 0.3 is 0 Å². The number of piperidine rings is 2. The Kier molecular flexibility index (Phi) is 8.40. The van der Waals surface area contributed by atoms with Gasteiger partial charge in [-0.15, -0.1) is 0 Å². The monoisotopic (exact) mass is 336 g/mol. The van der Waals surface area contributed by atoms with Crippen LogP contribution in [0.25, 0.3) is 0 Å². The van der Waals surface area contributed by atoms with Crippen molar-refractivity contribution in [2.75, 3.05) is 39.3 Å². The van der Waals surface area contributed by atoms with Crippen LogP contribution in [-0.2, 0) is 9.59 Å². The number of hydrogen-bond acceptors (Lipinski definition) is 4. The quantitative estimate of drug-likeness (QED) is 0.648. The summed E-state index contributed by atoms with van der Waals surface area (Å²) in [6.45, 7) is 9.76. The number of nitrogens with zero attached hydrogens (tertiary/aromatic N) is 2. The second-order valence-corrected chi connectivity index (χ2v) is 7.86. The molecule has 0 radical (unpaired) electrons. The highest BCUT2D eigenvalue weighted by molar-refractivity contribution is 5.80. The molecule has 138 valence electrons. The summed E-state index contributed by atoms with van der Waals surface area (Å²) < 4.78 is 0. The van der Waals surface area contributed by atoms with Gasteiger partial charge in [0.25, 0.3) is 0 Å². The third-order valence-corrected chi connectivity index (χ3v) is 5.80. The highest BCUT2D eigenvalue weighted by Gasteiger charge is 2.26. The highest BCUT2D eigenvalue weighted by Crippen LogP contribution is 2.29. The Labute approximate surface area is 148 Å². The van der Waals surface area contributed by atoms with Gasteiger partial charge in [0.15, 0.2) is 0 Å². The van der Waals surface area contributed by atoms with Gasteiger partial charge in [-0.05, 0) is 76.5 Å². The van der Waals surface area contributed by atoms with Crippen molar-refractivity contribution in [1.82, 2.24) is 9.80 Å². The van der Waals surface area contributed by atoms with Crippen LogP contribution in [0.3, 0.4) is 0 Å². The Balaban J connectivity index is 1.61. The summed E-state index contributed by atoms with van der Waals surface area (Å²) in [6.07, 6.45) is 8.75. The van der Waals surface area contributed by atoms with Crippen LogP contribution < -0.4 is 0 Å². The van der Waals surface area contributed by atoms with Crippen LogP contribution in [0.5, 0.6) is 0 Å². The van der Waals surface area contributed by atoms with E-state index in [0.29, 0.717) is 31.1 Å². The predicted octanol–water partition coefficient (Wildman–Crippen LogP) is 3.15. The van der Waals surface area contributed by atoms with Crippen molar-refractivity contribution in [2.45, 2.75) is 65.2 Å². The number of ketones is 2. The van der Waals surface area contributed by atoms with Gasteiger partial charge in [0.2, 0.25) is 0 Å². The van der Waals surface area contributed by atoms with Gasteiger partial charge in [-0.3, -0.25) is 19.4 Å². The Morgan fingerprint density at radius 2 is 1.25 bits per heavy atom. The first-order chi connectivity index (χ1) is 11.6. The first-order valence-corrected chi connectivity index (χ1v) is 10.1. The molecule has 0 bridgehead atoms. The molecule has 0 aliphatic carbocycles. The van der Waals surface area contributed by atoms with E-state index in [9.17, 15) is 9.59 Å². The lowest BCUT2D eigenvalue weighted by atomic mass is 9.82. The van der Waals surface area contributed by atoms with E-state index in [1.807, 2.05) is 6.92 Å². The molecule has 2 aliphatic rings. The minimum Gasteiger partial charge on any atom is -0.298 e. The van der Waals surface area contributed by atoms with Crippen molar-refractivity contribution in [3.05, 3.63) is 0 Å². The number of carbonyl (C=O) groups is 2. The van der Waals surface area contributed by atoms with Crippen molar-refractivity contribution in [2.24, 2.45) is 11.8 Å². The number of rotatable bonds is 9. The molecule has 2 fully saturated rings. The van der Waals surface area contributed by atoms with E-state index in [0.717, 1.165) is 50.9 Å². The number of hydrogen-bond donors (Lipinski definition) is 0. The van der Waals surface area contributed by atoms with Crippen molar-refractivity contribution < 1.29 is 9.59 Å². The summed E-state index contributed by atoms with van der Waals surface area (Å²) in [4.78, 5) is 28.0. The minimum absolute atomic E-state index is 0.374. The summed E-state index contributed by atoms with van der Waals surface area (Å²) in [5, 5.41) is 0. The molecule has 0 amide bonds. The van der Waals surface area contributed by atoms with Crippen molar-refractivity contribution >= 4 is 11.6 Å². The van der Waals surface area contributed by atoms with Crippen LogP contribution in [-0.4, -0.2) is 60.6 Å². The van der Waals surface area contributed by atoms with E-state index < -0.39 is 0 Å². The summed E-state index contributed by atoms with van der Waals surface area (Å²) in [5.41, 5.74) is 0. The topological polar surface area (TPSA) is 40.6 Å². The lowest BCUT2D eigenvalue weighted by Crippen LogP contribution is -2.40. The zero-order chi connectivity index (χ0) is 17.4. The molecule has 0 N–H and O–H groups in total. The normalized spacial score (nSPS) is 21.9. The van der Waals surface area contributed by atoms with Gasteiger partial charge in [-0.25, -0.2) is 0 Å². The molecule has 0 aromatic heterocycles. The lowest BCUT2D eigenvalue weighted by Gasteiger charge is -2.36. The van der Waals surface area contributed by atoms with E-state index in [1.54, 1.807) is 0 Å². The Hall–Kier alpha value is -0.740. The summed E-state index contributed by atoms with van der Waals surface area (Å²) >= 11 is 0. The van der Waals surface area contributed by atoms with Crippen LogP contribution in [0.15, 0.2) is 0 Å². The SMILES string of the molecule is CCCC(=O)CN1CCC(CC2CCN(CC(=O)CC)CC2)CC1. The molecule has 2 saturated heterocycles. The molecule has 2 aliphatic heterocycles. The average Bonchev–Trinajstić information content (AvgIpc) is 2.58. The predicted molar refractivity (Wildman–Crippen MR) is 98.2 cm³/mol. The summed E-state index contributed by atoms with van der Waals surface area (Å²) in [7, 11) is 0. The molecule has 0 unspecified atom stereocenters. The van der Waals surface area contributed by atoms with Crippen LogP contribution in [0.1, 0.15) is 65.2 Å². The average molecular weight is 337 g/mol.